The molecule has 1 aromatic heterocycles. The van der Waals surface area contributed by atoms with E-state index < -0.39 is 23.6 Å². The molecule has 1 atom stereocenters. The predicted molar refractivity (Wildman–Crippen MR) is 106 cm³/mol. The Morgan fingerprint density at radius 1 is 1.04 bits per heavy atom. The van der Waals surface area contributed by atoms with E-state index in [1.165, 1.54) is 0 Å². The Hall–Kier alpha value is -2.89. The first-order valence-electron chi connectivity index (χ1n) is 9.58. The smallest absolute Gasteiger partial charge is 0.333 e. The highest BCUT2D eigenvalue weighted by Crippen LogP contribution is 2.31. The molecule has 6 nitrogen and oxygen atoms in total. The van der Waals surface area contributed by atoms with Crippen LogP contribution in [0.1, 0.15) is 56.7 Å². The quantitative estimate of drug-likeness (QED) is 0.272. The van der Waals surface area contributed by atoms with Crippen molar-refractivity contribution in [3.8, 4) is 0 Å². The van der Waals surface area contributed by atoms with Crippen LogP contribution in [0, 0.1) is 5.92 Å². The Morgan fingerprint density at radius 2 is 1.71 bits per heavy atom. The zero-order valence-corrected chi connectivity index (χ0v) is 16.7. The zero-order valence-electron chi connectivity index (χ0n) is 16.7. The molecule has 0 saturated heterocycles. The molecule has 0 fully saturated rings. The van der Waals surface area contributed by atoms with Crippen LogP contribution in [0.25, 0.3) is 17.0 Å². The van der Waals surface area contributed by atoms with Crippen LogP contribution in [0.4, 0.5) is 0 Å². The molecule has 28 heavy (non-hydrogen) atoms. The summed E-state index contributed by atoms with van der Waals surface area (Å²) in [6.45, 7) is 7.46. The van der Waals surface area contributed by atoms with Gasteiger partial charge in [0.15, 0.2) is 5.76 Å². The lowest BCUT2D eigenvalue weighted by atomic mass is 9.95. The number of hydrogen-bond donors (Lipinski definition) is 0. The van der Waals surface area contributed by atoms with Crippen LogP contribution in [-0.4, -0.2) is 30.9 Å². The van der Waals surface area contributed by atoms with Crippen molar-refractivity contribution in [2.75, 3.05) is 13.2 Å². The zero-order chi connectivity index (χ0) is 20.7. The Kier molecular flexibility index (Phi) is 7.55. The van der Waals surface area contributed by atoms with E-state index in [9.17, 15) is 14.4 Å². The van der Waals surface area contributed by atoms with Crippen molar-refractivity contribution in [2.45, 2.75) is 40.5 Å². The highest BCUT2D eigenvalue weighted by atomic mass is 16.5. The summed E-state index contributed by atoms with van der Waals surface area (Å²) in [7, 11) is 0. The second kappa shape index (κ2) is 9.88. The SMILES string of the molecule is CCOC(=O)/C(=C/c1c(C(=O)C(CC)C(=O)OCC)oc2ccccc12)CC. The maximum atomic E-state index is 13.1. The van der Waals surface area contributed by atoms with E-state index in [2.05, 4.69) is 0 Å². The minimum Gasteiger partial charge on any atom is -0.465 e. The van der Waals surface area contributed by atoms with E-state index in [0.29, 0.717) is 28.5 Å². The topological polar surface area (TPSA) is 82.8 Å². The van der Waals surface area contributed by atoms with E-state index in [4.69, 9.17) is 13.9 Å². The van der Waals surface area contributed by atoms with Crippen molar-refractivity contribution in [1.82, 2.24) is 0 Å². The van der Waals surface area contributed by atoms with E-state index >= 15 is 0 Å². The molecule has 6 heteroatoms. The number of para-hydroxylation sites is 1. The van der Waals surface area contributed by atoms with E-state index in [0.717, 1.165) is 0 Å². The van der Waals surface area contributed by atoms with Crippen LogP contribution in [0.15, 0.2) is 34.3 Å². The van der Waals surface area contributed by atoms with Gasteiger partial charge in [-0.2, -0.15) is 0 Å². The average Bonchev–Trinajstić information content (AvgIpc) is 3.05. The van der Waals surface area contributed by atoms with Crippen molar-refractivity contribution in [3.63, 3.8) is 0 Å². The molecule has 150 valence electrons. The molecule has 0 saturated carbocycles. The van der Waals surface area contributed by atoms with Gasteiger partial charge in [0.1, 0.15) is 11.5 Å². The summed E-state index contributed by atoms with van der Waals surface area (Å²) < 4.78 is 15.9. The van der Waals surface area contributed by atoms with Gasteiger partial charge in [0.2, 0.25) is 5.78 Å². The fourth-order valence-electron chi connectivity index (χ4n) is 2.96. The second-order valence-corrected chi connectivity index (χ2v) is 6.16. The molecule has 1 aromatic carbocycles. The van der Waals surface area contributed by atoms with Gasteiger partial charge in [0, 0.05) is 16.5 Å². The minimum absolute atomic E-state index is 0.0522. The first-order chi connectivity index (χ1) is 13.5. The third kappa shape index (κ3) is 4.50. The average molecular weight is 386 g/mol. The lowest BCUT2D eigenvalue weighted by Crippen LogP contribution is -2.26. The number of benzene rings is 1. The van der Waals surface area contributed by atoms with E-state index in [-0.39, 0.29) is 25.4 Å². The van der Waals surface area contributed by atoms with Crippen LogP contribution < -0.4 is 0 Å². The van der Waals surface area contributed by atoms with Gasteiger partial charge in [0.05, 0.1) is 13.2 Å². The second-order valence-electron chi connectivity index (χ2n) is 6.16. The fourth-order valence-corrected chi connectivity index (χ4v) is 2.96. The summed E-state index contributed by atoms with van der Waals surface area (Å²) in [4.78, 5) is 37.5. The van der Waals surface area contributed by atoms with Gasteiger partial charge < -0.3 is 13.9 Å². The number of furan rings is 1. The van der Waals surface area contributed by atoms with Crippen LogP contribution in [-0.2, 0) is 19.1 Å². The summed E-state index contributed by atoms with van der Waals surface area (Å²) in [5, 5.41) is 0.694. The molecule has 0 amide bonds. The van der Waals surface area contributed by atoms with Crippen LogP contribution in [0.2, 0.25) is 0 Å². The molecule has 0 radical (unpaired) electrons. The predicted octanol–water partition coefficient (Wildman–Crippen LogP) is 4.56. The van der Waals surface area contributed by atoms with Crippen molar-refractivity contribution >= 4 is 34.8 Å². The molecule has 0 N–H and O–H groups in total. The molecule has 0 aliphatic rings. The Morgan fingerprint density at radius 3 is 2.32 bits per heavy atom. The first kappa shape index (κ1) is 21.4. The largest absolute Gasteiger partial charge is 0.465 e. The third-order valence-corrected chi connectivity index (χ3v) is 4.39. The highest BCUT2D eigenvalue weighted by molar-refractivity contribution is 6.12. The van der Waals surface area contributed by atoms with Gasteiger partial charge in [-0.25, -0.2) is 4.79 Å². The number of ether oxygens (including phenoxy) is 2. The van der Waals surface area contributed by atoms with Crippen LogP contribution in [0.5, 0.6) is 0 Å². The number of fused-ring (bicyclic) bond motifs is 1. The van der Waals surface area contributed by atoms with Crippen LogP contribution >= 0.6 is 0 Å². The standard InChI is InChI=1S/C22H26O6/c1-5-14(21(24)26-7-3)13-17-16-11-9-10-12-18(16)28-20(17)19(23)15(6-2)22(25)27-8-4/h9-13,15H,5-8H2,1-4H3/b14-13+. The van der Waals surface area contributed by atoms with Gasteiger partial charge in [-0.3, -0.25) is 9.59 Å². The molecular weight excluding hydrogens is 360 g/mol. The number of esters is 2. The summed E-state index contributed by atoms with van der Waals surface area (Å²) in [6, 6.07) is 7.17. The van der Waals surface area contributed by atoms with E-state index in [1.807, 2.05) is 19.1 Å². The molecular formula is C22H26O6. The van der Waals surface area contributed by atoms with Gasteiger partial charge in [0.25, 0.3) is 0 Å². The van der Waals surface area contributed by atoms with Crippen molar-refractivity contribution < 1.29 is 28.3 Å². The molecule has 1 unspecified atom stereocenters. The monoisotopic (exact) mass is 386 g/mol. The number of carbonyl (C=O) groups is 3. The molecule has 0 bridgehead atoms. The van der Waals surface area contributed by atoms with Crippen molar-refractivity contribution in [1.29, 1.82) is 0 Å². The number of Topliss-reactive ketones (excluding diaryl/α,β-unsaturated/α-hetero) is 1. The number of ketones is 1. The summed E-state index contributed by atoms with van der Waals surface area (Å²) in [5.74, 6) is -2.38. The van der Waals surface area contributed by atoms with Crippen molar-refractivity contribution in [2.24, 2.45) is 5.92 Å². The Labute approximate surface area is 164 Å². The molecule has 2 rings (SSSR count). The maximum Gasteiger partial charge on any atom is 0.333 e. The number of rotatable bonds is 9. The lowest BCUT2D eigenvalue weighted by Gasteiger charge is -2.11. The van der Waals surface area contributed by atoms with Crippen molar-refractivity contribution in [3.05, 3.63) is 41.2 Å². The summed E-state index contributed by atoms with van der Waals surface area (Å²) in [6.07, 6.45) is 2.34. The fraction of sp³-hybridized carbons (Fsp3) is 0.409. The molecule has 0 spiro atoms. The Balaban J connectivity index is 2.60. The molecule has 0 aliphatic carbocycles. The van der Waals surface area contributed by atoms with Gasteiger partial charge in [-0.1, -0.05) is 32.0 Å². The normalized spacial score (nSPS) is 12.6. The number of carbonyl (C=O) groups excluding carboxylic acids is 3. The van der Waals surface area contributed by atoms with Gasteiger partial charge in [-0.15, -0.1) is 0 Å². The molecule has 2 aromatic rings. The highest BCUT2D eigenvalue weighted by Gasteiger charge is 2.32. The summed E-state index contributed by atoms with van der Waals surface area (Å²) >= 11 is 0. The Bertz CT molecular complexity index is 890. The minimum atomic E-state index is -0.958. The summed E-state index contributed by atoms with van der Waals surface area (Å²) in [5.41, 5.74) is 1.41. The lowest BCUT2D eigenvalue weighted by molar-refractivity contribution is -0.146. The maximum absolute atomic E-state index is 13.1. The third-order valence-electron chi connectivity index (χ3n) is 4.39. The van der Waals surface area contributed by atoms with Crippen LogP contribution in [0.3, 0.4) is 0 Å². The van der Waals surface area contributed by atoms with Gasteiger partial charge >= 0.3 is 11.9 Å². The first-order valence-corrected chi connectivity index (χ1v) is 9.58. The molecule has 0 aliphatic heterocycles. The van der Waals surface area contributed by atoms with Gasteiger partial charge in [-0.05, 0) is 38.8 Å². The number of hydrogen-bond acceptors (Lipinski definition) is 6. The van der Waals surface area contributed by atoms with E-state index in [1.54, 1.807) is 39.0 Å². The molecule has 1 heterocycles.